The first-order valence-electron chi connectivity index (χ1n) is 7.37. The minimum Gasteiger partial charge on any atom is -0.497 e. The van der Waals surface area contributed by atoms with Gasteiger partial charge in [-0.2, -0.15) is 0 Å². The van der Waals surface area contributed by atoms with Gasteiger partial charge in [0, 0.05) is 22.5 Å². The molecule has 1 aliphatic rings. The second kappa shape index (κ2) is 5.43. The highest BCUT2D eigenvalue weighted by molar-refractivity contribution is 7.12. The van der Waals surface area contributed by atoms with Crippen molar-refractivity contribution >= 4 is 11.3 Å². The van der Waals surface area contributed by atoms with Crippen LogP contribution in [0.3, 0.4) is 0 Å². The number of aryl methyl sites for hydroxylation is 2. The maximum atomic E-state index is 5.36. The number of aromatic nitrogens is 1. The van der Waals surface area contributed by atoms with Gasteiger partial charge in [-0.25, -0.2) is 4.98 Å². The summed E-state index contributed by atoms with van der Waals surface area (Å²) in [6, 6.07) is 6.33. The molecule has 4 heteroatoms. The van der Waals surface area contributed by atoms with Crippen molar-refractivity contribution in [3.05, 3.63) is 33.6 Å². The summed E-state index contributed by atoms with van der Waals surface area (Å²) < 4.78 is 5.36. The first-order valence-corrected chi connectivity index (χ1v) is 8.19. The zero-order valence-electron chi connectivity index (χ0n) is 13.1. The Morgan fingerprint density at radius 1 is 1.29 bits per heavy atom. The molecular weight excluding hydrogens is 280 g/mol. The first kappa shape index (κ1) is 14.5. The fraction of sp³-hybridized carbons (Fsp3) is 0.471. The largest absolute Gasteiger partial charge is 0.497 e. The molecule has 112 valence electrons. The Morgan fingerprint density at radius 2 is 2.10 bits per heavy atom. The lowest BCUT2D eigenvalue weighted by Gasteiger charge is -2.19. The quantitative estimate of drug-likeness (QED) is 0.936. The van der Waals surface area contributed by atoms with Crippen molar-refractivity contribution in [2.75, 3.05) is 7.11 Å². The van der Waals surface area contributed by atoms with Crippen molar-refractivity contribution in [1.82, 2.24) is 10.3 Å². The average molecular weight is 302 g/mol. The summed E-state index contributed by atoms with van der Waals surface area (Å²) in [6.07, 6.45) is 2.20. The van der Waals surface area contributed by atoms with Gasteiger partial charge in [0.05, 0.1) is 12.8 Å². The van der Waals surface area contributed by atoms with Crippen molar-refractivity contribution < 1.29 is 4.74 Å². The molecule has 1 aromatic carbocycles. The molecule has 0 atom stereocenters. The van der Waals surface area contributed by atoms with Crippen LogP contribution in [0.15, 0.2) is 18.2 Å². The molecule has 3 rings (SSSR count). The first-order chi connectivity index (χ1) is 9.96. The molecule has 0 spiro atoms. The van der Waals surface area contributed by atoms with E-state index in [1.807, 2.05) is 17.4 Å². The third kappa shape index (κ3) is 3.11. The highest BCUT2D eigenvalue weighted by Gasteiger charge is 2.22. The van der Waals surface area contributed by atoms with Gasteiger partial charge >= 0.3 is 0 Å². The Morgan fingerprint density at radius 3 is 2.81 bits per heavy atom. The van der Waals surface area contributed by atoms with E-state index >= 15 is 0 Å². The van der Waals surface area contributed by atoms with E-state index in [4.69, 9.17) is 9.72 Å². The molecule has 21 heavy (non-hydrogen) atoms. The number of hydrogen-bond donors (Lipinski definition) is 1. The van der Waals surface area contributed by atoms with Crippen LogP contribution >= 0.6 is 11.3 Å². The van der Waals surface area contributed by atoms with E-state index in [1.165, 1.54) is 21.0 Å². The van der Waals surface area contributed by atoms with Crippen molar-refractivity contribution in [2.45, 2.75) is 45.7 Å². The lowest BCUT2D eigenvalue weighted by Crippen LogP contribution is -2.34. The molecule has 0 unspecified atom stereocenters. The zero-order valence-corrected chi connectivity index (χ0v) is 13.9. The molecule has 0 amide bonds. The minimum atomic E-state index is 0.118. The summed E-state index contributed by atoms with van der Waals surface area (Å²) in [6.45, 7) is 7.38. The van der Waals surface area contributed by atoms with E-state index < -0.39 is 0 Å². The molecule has 3 nitrogen and oxygen atoms in total. The van der Waals surface area contributed by atoms with Crippen LogP contribution in [0, 0.1) is 0 Å². The van der Waals surface area contributed by atoms with Gasteiger partial charge in [0.1, 0.15) is 10.8 Å². The van der Waals surface area contributed by atoms with Crippen LogP contribution in [-0.2, 0) is 19.4 Å². The second-order valence-electron chi connectivity index (χ2n) is 6.51. The number of benzene rings is 1. The summed E-state index contributed by atoms with van der Waals surface area (Å²) >= 11 is 1.84. The zero-order chi connectivity index (χ0) is 15.0. The molecule has 0 fully saturated rings. The molecule has 1 aromatic heterocycles. The Kier molecular flexibility index (Phi) is 3.76. The van der Waals surface area contributed by atoms with Gasteiger partial charge in [0.2, 0.25) is 0 Å². The molecule has 1 N–H and O–H groups in total. The van der Waals surface area contributed by atoms with Crippen LogP contribution in [0.5, 0.6) is 5.75 Å². The van der Waals surface area contributed by atoms with Crippen LogP contribution in [0.1, 0.15) is 36.2 Å². The summed E-state index contributed by atoms with van der Waals surface area (Å²) in [7, 11) is 1.71. The lowest BCUT2D eigenvalue weighted by atomic mass is 9.93. The molecule has 0 aliphatic heterocycles. The number of fused-ring (bicyclic) bond motifs is 3. The van der Waals surface area contributed by atoms with Crippen molar-refractivity contribution in [2.24, 2.45) is 0 Å². The van der Waals surface area contributed by atoms with E-state index in [-0.39, 0.29) is 5.54 Å². The molecule has 0 saturated heterocycles. The SMILES string of the molecule is COc1ccc2c(c1)-c1nc(CNC(C)(C)C)sc1CC2. The van der Waals surface area contributed by atoms with E-state index in [0.717, 1.165) is 30.8 Å². The van der Waals surface area contributed by atoms with Crippen LogP contribution in [0.4, 0.5) is 0 Å². The number of nitrogens with zero attached hydrogens (tertiary/aromatic N) is 1. The lowest BCUT2D eigenvalue weighted by molar-refractivity contribution is 0.415. The number of ether oxygens (including phenoxy) is 1. The second-order valence-corrected chi connectivity index (χ2v) is 7.67. The topological polar surface area (TPSA) is 34.1 Å². The minimum absolute atomic E-state index is 0.118. The third-order valence-corrected chi connectivity index (χ3v) is 4.82. The predicted octanol–water partition coefficient (Wildman–Crippen LogP) is 3.81. The predicted molar refractivity (Wildman–Crippen MR) is 88.1 cm³/mol. The van der Waals surface area contributed by atoms with Crippen molar-refractivity contribution in [3.8, 4) is 17.0 Å². The van der Waals surface area contributed by atoms with Gasteiger partial charge in [-0.3, -0.25) is 0 Å². The Balaban J connectivity index is 1.91. The monoisotopic (exact) mass is 302 g/mol. The van der Waals surface area contributed by atoms with Crippen LogP contribution in [0.25, 0.3) is 11.3 Å². The molecule has 2 aromatic rings. The molecule has 1 aliphatic carbocycles. The fourth-order valence-corrected chi connectivity index (χ4v) is 3.59. The Bertz CT molecular complexity index is 655. The highest BCUT2D eigenvalue weighted by Crippen LogP contribution is 2.38. The maximum Gasteiger partial charge on any atom is 0.119 e. The van der Waals surface area contributed by atoms with E-state index in [1.54, 1.807) is 7.11 Å². The number of thiazole rings is 1. The average Bonchev–Trinajstić information content (AvgIpc) is 2.87. The molecule has 1 heterocycles. The number of hydrogen-bond acceptors (Lipinski definition) is 4. The van der Waals surface area contributed by atoms with Gasteiger partial charge in [-0.1, -0.05) is 6.07 Å². The van der Waals surface area contributed by atoms with Crippen LogP contribution in [-0.4, -0.2) is 17.6 Å². The molecule has 0 radical (unpaired) electrons. The van der Waals surface area contributed by atoms with Gasteiger partial charge in [-0.05, 0) is 51.3 Å². The summed E-state index contributed by atoms with van der Waals surface area (Å²) in [5.74, 6) is 0.906. The van der Waals surface area contributed by atoms with Gasteiger partial charge in [0.25, 0.3) is 0 Å². The highest BCUT2D eigenvalue weighted by atomic mass is 32.1. The third-order valence-electron chi connectivity index (χ3n) is 3.71. The molecule has 0 saturated carbocycles. The maximum absolute atomic E-state index is 5.36. The van der Waals surface area contributed by atoms with E-state index in [9.17, 15) is 0 Å². The van der Waals surface area contributed by atoms with Gasteiger partial charge in [0.15, 0.2) is 0 Å². The standard InChI is InChI=1S/C17H22N2OS/c1-17(2,3)18-10-15-19-16-13-9-12(20-4)7-5-11(13)6-8-14(16)21-15/h5,7,9,18H,6,8,10H2,1-4H3. The normalized spacial score (nSPS) is 13.7. The summed E-state index contributed by atoms with van der Waals surface area (Å²) in [5.41, 5.74) is 3.90. The van der Waals surface area contributed by atoms with Crippen molar-refractivity contribution in [3.63, 3.8) is 0 Å². The van der Waals surface area contributed by atoms with Gasteiger partial charge < -0.3 is 10.1 Å². The van der Waals surface area contributed by atoms with Crippen LogP contribution < -0.4 is 10.1 Å². The summed E-state index contributed by atoms with van der Waals surface area (Å²) in [4.78, 5) is 6.28. The number of nitrogens with one attached hydrogen (secondary N) is 1. The van der Waals surface area contributed by atoms with Gasteiger partial charge in [-0.15, -0.1) is 11.3 Å². The van der Waals surface area contributed by atoms with Crippen LogP contribution in [0.2, 0.25) is 0 Å². The summed E-state index contributed by atoms with van der Waals surface area (Å²) in [5, 5.41) is 4.69. The fourth-order valence-electron chi connectivity index (χ4n) is 2.57. The number of methoxy groups -OCH3 is 1. The molecular formula is C17H22N2OS. The van der Waals surface area contributed by atoms with Crippen molar-refractivity contribution in [1.29, 1.82) is 0 Å². The molecule has 0 bridgehead atoms. The smallest absolute Gasteiger partial charge is 0.119 e. The number of rotatable bonds is 3. The van der Waals surface area contributed by atoms with E-state index in [2.05, 4.69) is 38.2 Å². The van der Waals surface area contributed by atoms with E-state index in [0.29, 0.717) is 0 Å². The Hall–Kier alpha value is -1.39. The Labute approximate surface area is 130 Å².